The van der Waals surface area contributed by atoms with Crippen molar-refractivity contribution < 1.29 is 23.8 Å². The van der Waals surface area contributed by atoms with Crippen LogP contribution < -0.4 is 24.8 Å². The summed E-state index contributed by atoms with van der Waals surface area (Å²) in [6, 6.07) is 16.3. The van der Waals surface area contributed by atoms with Gasteiger partial charge >= 0.3 is 0 Å². The molecule has 1 aliphatic heterocycles. The Labute approximate surface area is 208 Å². The van der Waals surface area contributed by atoms with Gasteiger partial charge < -0.3 is 19.9 Å². The average Bonchev–Trinajstić information content (AvgIpc) is 3.59. The number of amides is 2. The molecule has 2 N–H and O–H groups in total. The third-order valence-electron chi connectivity index (χ3n) is 6.98. The Morgan fingerprint density at radius 1 is 1.03 bits per heavy atom. The van der Waals surface area contributed by atoms with Gasteiger partial charge in [-0.25, -0.2) is 0 Å². The Kier molecular flexibility index (Phi) is 6.38. The molecule has 0 bridgehead atoms. The second-order valence-electron chi connectivity index (χ2n) is 8.85. The van der Waals surface area contributed by atoms with E-state index in [4.69, 9.17) is 19.9 Å². The largest absolute Gasteiger partial charge is 0.497 e. The molecule has 1 saturated carbocycles. The summed E-state index contributed by atoms with van der Waals surface area (Å²) in [6.07, 6.45) is 4.57. The fourth-order valence-corrected chi connectivity index (χ4v) is 6.05. The molecule has 2 aliphatic rings. The van der Waals surface area contributed by atoms with E-state index in [-0.39, 0.29) is 18.6 Å². The van der Waals surface area contributed by atoms with Crippen LogP contribution in [0.1, 0.15) is 47.3 Å². The van der Waals surface area contributed by atoms with Crippen molar-refractivity contribution in [1.82, 2.24) is 0 Å². The normalized spacial score (nSPS) is 16.9. The number of nitrogens with two attached hydrogens (primary N) is 1. The van der Waals surface area contributed by atoms with Crippen LogP contribution in [0.15, 0.2) is 60.0 Å². The van der Waals surface area contributed by atoms with Gasteiger partial charge in [0.1, 0.15) is 5.75 Å². The lowest BCUT2D eigenvalue weighted by Gasteiger charge is -2.48. The number of fused-ring (bicyclic) bond motifs is 1. The molecule has 7 nitrogen and oxygen atoms in total. The molecule has 1 atom stereocenters. The van der Waals surface area contributed by atoms with Crippen molar-refractivity contribution in [3.8, 4) is 17.2 Å². The molecule has 35 heavy (non-hydrogen) atoms. The van der Waals surface area contributed by atoms with Crippen LogP contribution in [0, 0.1) is 5.92 Å². The smallest absolute Gasteiger partial charge is 0.269 e. The second kappa shape index (κ2) is 9.62. The first-order valence-corrected chi connectivity index (χ1v) is 12.7. The van der Waals surface area contributed by atoms with Gasteiger partial charge in [-0.15, -0.1) is 11.3 Å². The number of thiophene rings is 1. The first kappa shape index (κ1) is 23.2. The highest BCUT2D eigenvalue weighted by Crippen LogP contribution is 2.48. The third kappa shape index (κ3) is 4.01. The summed E-state index contributed by atoms with van der Waals surface area (Å²) in [5, 5.41) is 1.85. The van der Waals surface area contributed by atoms with Crippen molar-refractivity contribution in [1.29, 1.82) is 0 Å². The van der Waals surface area contributed by atoms with E-state index < -0.39 is 11.4 Å². The molecule has 1 aromatic heterocycles. The highest BCUT2D eigenvalue weighted by Gasteiger charge is 2.54. The number of anilines is 1. The van der Waals surface area contributed by atoms with Crippen LogP contribution in [0.2, 0.25) is 0 Å². The van der Waals surface area contributed by atoms with Gasteiger partial charge in [0.15, 0.2) is 17.0 Å². The fraction of sp³-hybridized carbons (Fsp3) is 0.333. The highest BCUT2D eigenvalue weighted by molar-refractivity contribution is 7.12. The Hall–Kier alpha value is -3.52. The zero-order valence-electron chi connectivity index (χ0n) is 19.6. The van der Waals surface area contributed by atoms with Crippen molar-refractivity contribution in [2.24, 2.45) is 11.7 Å². The topological polar surface area (TPSA) is 91.1 Å². The Morgan fingerprint density at radius 2 is 1.83 bits per heavy atom. The number of primary amides is 1. The summed E-state index contributed by atoms with van der Waals surface area (Å²) in [6.45, 7) is 0.108. The molecule has 182 valence electrons. The number of rotatable bonds is 7. The standard InChI is InChI=1S/C27H28N2O5S/c1-32-21-10-5-9-19(15-21)27(26(28)31,18-7-3-2-4-8-18)29(25(30)24-11-6-14-35-24)20-12-13-22-23(16-20)34-17-33-22/h5-6,9-16,18H,2-4,7-8,17H2,1H3,(H2,28,31). The molecular weight excluding hydrogens is 464 g/mol. The summed E-state index contributed by atoms with van der Waals surface area (Å²) in [5.74, 6) is 0.694. The van der Waals surface area contributed by atoms with Crippen LogP contribution in [0.5, 0.6) is 17.2 Å². The van der Waals surface area contributed by atoms with E-state index in [9.17, 15) is 9.59 Å². The Bertz CT molecular complexity index is 1220. The highest BCUT2D eigenvalue weighted by atomic mass is 32.1. The number of hydrogen-bond acceptors (Lipinski definition) is 6. The predicted octanol–water partition coefficient (Wildman–Crippen LogP) is 5.09. The molecule has 5 rings (SSSR count). The molecule has 2 heterocycles. The average molecular weight is 493 g/mol. The Morgan fingerprint density at radius 3 is 2.54 bits per heavy atom. The van der Waals surface area contributed by atoms with Gasteiger partial charge in [0, 0.05) is 11.8 Å². The van der Waals surface area contributed by atoms with Crippen molar-refractivity contribution in [3.63, 3.8) is 0 Å². The van der Waals surface area contributed by atoms with E-state index in [1.807, 2.05) is 35.7 Å². The number of nitrogens with zero attached hydrogens (tertiary/aromatic N) is 1. The zero-order valence-corrected chi connectivity index (χ0v) is 20.4. The summed E-state index contributed by atoms with van der Waals surface area (Å²) in [7, 11) is 1.58. The molecule has 1 aliphatic carbocycles. The molecule has 1 unspecified atom stereocenters. The fourth-order valence-electron chi connectivity index (χ4n) is 5.40. The molecule has 2 amide bonds. The first-order chi connectivity index (χ1) is 17.1. The number of methoxy groups -OCH3 is 1. The second-order valence-corrected chi connectivity index (χ2v) is 9.80. The lowest BCUT2D eigenvalue weighted by molar-refractivity contribution is -0.126. The van der Waals surface area contributed by atoms with Crippen LogP contribution in [-0.2, 0) is 10.3 Å². The van der Waals surface area contributed by atoms with E-state index in [2.05, 4.69) is 0 Å². The van der Waals surface area contributed by atoms with E-state index in [1.165, 1.54) is 11.3 Å². The number of hydrogen-bond donors (Lipinski definition) is 1. The van der Waals surface area contributed by atoms with E-state index in [1.54, 1.807) is 36.3 Å². The lowest BCUT2D eigenvalue weighted by atomic mass is 9.69. The van der Waals surface area contributed by atoms with Crippen LogP contribution in [0.3, 0.4) is 0 Å². The quantitative estimate of drug-likeness (QED) is 0.496. The van der Waals surface area contributed by atoms with Gasteiger partial charge in [-0.1, -0.05) is 37.5 Å². The van der Waals surface area contributed by atoms with Crippen molar-refractivity contribution in [2.75, 3.05) is 18.8 Å². The van der Waals surface area contributed by atoms with Gasteiger partial charge in [-0.05, 0) is 60.0 Å². The van der Waals surface area contributed by atoms with Crippen LogP contribution in [0.4, 0.5) is 5.69 Å². The molecule has 0 radical (unpaired) electrons. The molecule has 2 aromatic carbocycles. The number of carbonyl (C=O) groups is 2. The SMILES string of the molecule is COc1cccc(C(C(N)=O)(C2CCCCC2)N(C(=O)c2cccs2)c2ccc3c(c2)OCO3)c1. The summed E-state index contributed by atoms with van der Waals surface area (Å²) >= 11 is 1.33. The zero-order chi connectivity index (χ0) is 24.4. The number of benzene rings is 2. The van der Waals surface area contributed by atoms with E-state index in [0.717, 1.165) is 32.1 Å². The van der Waals surface area contributed by atoms with Crippen LogP contribution in [0.25, 0.3) is 0 Å². The minimum absolute atomic E-state index is 0.108. The monoisotopic (exact) mass is 492 g/mol. The lowest BCUT2D eigenvalue weighted by Crippen LogP contribution is -2.62. The van der Waals surface area contributed by atoms with E-state index in [0.29, 0.717) is 33.4 Å². The van der Waals surface area contributed by atoms with Crippen molar-refractivity contribution in [3.05, 3.63) is 70.4 Å². The first-order valence-electron chi connectivity index (χ1n) is 11.8. The van der Waals surface area contributed by atoms with Gasteiger partial charge in [-0.3, -0.25) is 14.5 Å². The van der Waals surface area contributed by atoms with Crippen LogP contribution in [-0.4, -0.2) is 25.7 Å². The van der Waals surface area contributed by atoms with E-state index >= 15 is 0 Å². The van der Waals surface area contributed by atoms with Crippen molar-refractivity contribution >= 4 is 28.8 Å². The maximum atomic E-state index is 14.3. The molecule has 8 heteroatoms. The molecule has 1 fully saturated rings. The maximum Gasteiger partial charge on any atom is 0.269 e. The van der Waals surface area contributed by atoms with Crippen molar-refractivity contribution in [2.45, 2.75) is 37.6 Å². The molecule has 0 spiro atoms. The number of ether oxygens (including phenoxy) is 3. The minimum Gasteiger partial charge on any atom is -0.497 e. The number of carbonyl (C=O) groups excluding carboxylic acids is 2. The van der Waals surface area contributed by atoms with Gasteiger partial charge in [-0.2, -0.15) is 0 Å². The van der Waals surface area contributed by atoms with Crippen LogP contribution >= 0.6 is 11.3 Å². The molecule has 3 aromatic rings. The van der Waals surface area contributed by atoms with Gasteiger partial charge in [0.05, 0.1) is 12.0 Å². The van der Waals surface area contributed by atoms with Gasteiger partial charge in [0.2, 0.25) is 12.7 Å². The predicted molar refractivity (Wildman–Crippen MR) is 134 cm³/mol. The maximum absolute atomic E-state index is 14.3. The molecular formula is C27H28N2O5S. The summed E-state index contributed by atoms with van der Waals surface area (Å²) in [5.41, 5.74) is 6.08. The van der Waals surface area contributed by atoms with Gasteiger partial charge in [0.25, 0.3) is 5.91 Å². The molecule has 0 saturated heterocycles. The summed E-state index contributed by atoms with van der Waals surface area (Å²) in [4.78, 5) is 30.1. The Balaban J connectivity index is 1.79. The third-order valence-corrected chi connectivity index (χ3v) is 7.84. The summed E-state index contributed by atoms with van der Waals surface area (Å²) < 4.78 is 16.6. The minimum atomic E-state index is -1.43.